The minimum atomic E-state index is -0.571. The van der Waals surface area contributed by atoms with Gasteiger partial charge in [0.1, 0.15) is 11.4 Å². The summed E-state index contributed by atoms with van der Waals surface area (Å²) in [5, 5.41) is 2.62. The number of benzene rings is 2. The Bertz CT molecular complexity index is 893. The van der Waals surface area contributed by atoms with Gasteiger partial charge in [-0.05, 0) is 36.2 Å². The molecule has 2 aromatic rings. The maximum atomic E-state index is 13.5. The normalized spacial score (nSPS) is 18.0. The fourth-order valence-electron chi connectivity index (χ4n) is 3.50. The lowest BCUT2D eigenvalue weighted by atomic mass is 10.1. The van der Waals surface area contributed by atoms with Crippen LogP contribution in [0.4, 0.5) is 0 Å². The Morgan fingerprint density at radius 3 is 2.48 bits per heavy atom. The van der Waals surface area contributed by atoms with Gasteiger partial charge in [-0.1, -0.05) is 24.3 Å². The van der Waals surface area contributed by atoms with Crippen LogP contribution >= 0.6 is 11.8 Å². The van der Waals surface area contributed by atoms with Crippen molar-refractivity contribution in [2.75, 3.05) is 40.2 Å². The molecule has 2 atom stereocenters. The highest BCUT2D eigenvalue weighted by atomic mass is 32.2. The monoisotopic (exact) mass is 444 g/mol. The molecule has 1 N–H and O–H groups in total. The number of methoxy groups -OCH3 is 3. The topological polar surface area (TPSA) is 77.1 Å². The van der Waals surface area contributed by atoms with Crippen LogP contribution in [0.15, 0.2) is 48.5 Å². The lowest BCUT2D eigenvalue weighted by molar-refractivity contribution is -0.124. The molecule has 1 aliphatic rings. The molecule has 31 heavy (non-hydrogen) atoms. The van der Waals surface area contributed by atoms with E-state index in [0.717, 1.165) is 5.56 Å². The van der Waals surface area contributed by atoms with Gasteiger partial charge in [-0.25, -0.2) is 0 Å². The Balaban J connectivity index is 1.89. The van der Waals surface area contributed by atoms with Gasteiger partial charge in [0.15, 0.2) is 11.5 Å². The minimum Gasteiger partial charge on any atom is -0.493 e. The Labute approximate surface area is 187 Å². The zero-order valence-electron chi connectivity index (χ0n) is 18.0. The van der Waals surface area contributed by atoms with E-state index in [0.29, 0.717) is 42.4 Å². The maximum Gasteiger partial charge on any atom is 0.255 e. The van der Waals surface area contributed by atoms with E-state index in [2.05, 4.69) is 5.32 Å². The zero-order chi connectivity index (χ0) is 22.2. The van der Waals surface area contributed by atoms with Crippen LogP contribution in [0.2, 0.25) is 0 Å². The summed E-state index contributed by atoms with van der Waals surface area (Å²) in [6.45, 7) is 1.07. The van der Waals surface area contributed by atoms with E-state index in [1.807, 2.05) is 36.4 Å². The predicted octanol–water partition coefficient (Wildman–Crippen LogP) is 3.11. The second-order valence-corrected chi connectivity index (χ2v) is 8.14. The third-order valence-electron chi connectivity index (χ3n) is 5.08. The lowest BCUT2D eigenvalue weighted by Gasteiger charge is -2.29. The molecule has 0 saturated carbocycles. The molecular formula is C23H28N2O5S. The van der Waals surface area contributed by atoms with E-state index in [1.165, 1.54) is 0 Å². The van der Waals surface area contributed by atoms with E-state index in [1.54, 1.807) is 50.1 Å². The maximum absolute atomic E-state index is 13.5. The third kappa shape index (κ3) is 5.32. The molecular weight excluding hydrogens is 416 g/mol. The number of amides is 2. The highest BCUT2D eigenvalue weighted by molar-refractivity contribution is 7.99. The van der Waals surface area contributed by atoms with Gasteiger partial charge >= 0.3 is 0 Å². The van der Waals surface area contributed by atoms with E-state index >= 15 is 0 Å². The molecule has 1 aliphatic heterocycles. The number of carbonyl (C=O) groups is 2. The Morgan fingerprint density at radius 1 is 1.06 bits per heavy atom. The number of hydrogen-bond acceptors (Lipinski definition) is 6. The standard InChI is InChI=1S/C23H28N2O5S/c1-28-13-7-12-24-21(26)18-15-31-23(17-10-11-19(29-2)20(14-17)30-3)25(18)22(27)16-8-5-4-6-9-16/h4-6,8-11,14,18,23H,7,12-13,15H2,1-3H3,(H,24,26). The molecule has 166 valence electrons. The van der Waals surface area contributed by atoms with Crippen molar-refractivity contribution in [1.82, 2.24) is 10.2 Å². The molecule has 0 bridgehead atoms. The Hall–Kier alpha value is -2.71. The van der Waals surface area contributed by atoms with Crippen LogP contribution < -0.4 is 14.8 Å². The predicted molar refractivity (Wildman–Crippen MR) is 121 cm³/mol. The summed E-state index contributed by atoms with van der Waals surface area (Å²) in [6.07, 6.45) is 0.716. The van der Waals surface area contributed by atoms with Gasteiger partial charge in [-0.3, -0.25) is 9.59 Å². The molecule has 8 heteroatoms. The number of carbonyl (C=O) groups excluding carboxylic acids is 2. The average molecular weight is 445 g/mol. The van der Waals surface area contributed by atoms with Crippen LogP contribution in [-0.4, -0.2) is 63.0 Å². The number of nitrogens with zero attached hydrogens (tertiary/aromatic N) is 1. The highest BCUT2D eigenvalue weighted by Gasteiger charge is 2.42. The molecule has 0 aliphatic carbocycles. The van der Waals surface area contributed by atoms with Gasteiger partial charge in [-0.2, -0.15) is 0 Å². The quantitative estimate of drug-likeness (QED) is 0.599. The average Bonchev–Trinajstić information content (AvgIpc) is 3.26. The van der Waals surface area contributed by atoms with Crippen molar-refractivity contribution >= 4 is 23.6 Å². The summed E-state index contributed by atoms with van der Waals surface area (Å²) < 4.78 is 15.8. The first-order valence-electron chi connectivity index (χ1n) is 10.1. The van der Waals surface area contributed by atoms with Crippen molar-refractivity contribution < 1.29 is 23.8 Å². The first-order valence-corrected chi connectivity index (χ1v) is 11.1. The van der Waals surface area contributed by atoms with Gasteiger partial charge in [-0.15, -0.1) is 11.8 Å². The van der Waals surface area contributed by atoms with Gasteiger partial charge < -0.3 is 24.4 Å². The molecule has 0 aromatic heterocycles. The summed E-state index contributed by atoms with van der Waals surface area (Å²) >= 11 is 1.56. The van der Waals surface area contributed by atoms with Crippen molar-refractivity contribution in [1.29, 1.82) is 0 Å². The van der Waals surface area contributed by atoms with Crippen LogP contribution in [0.3, 0.4) is 0 Å². The zero-order valence-corrected chi connectivity index (χ0v) is 18.8. The fourth-order valence-corrected chi connectivity index (χ4v) is 4.91. The smallest absolute Gasteiger partial charge is 0.255 e. The first kappa shape index (κ1) is 23.0. The second kappa shape index (κ2) is 11.1. The Kier molecular flexibility index (Phi) is 8.20. The minimum absolute atomic E-state index is 0.157. The summed E-state index contributed by atoms with van der Waals surface area (Å²) in [4.78, 5) is 28.1. The summed E-state index contributed by atoms with van der Waals surface area (Å²) in [5.74, 6) is 1.37. The highest BCUT2D eigenvalue weighted by Crippen LogP contribution is 2.44. The van der Waals surface area contributed by atoms with Crippen LogP contribution in [-0.2, 0) is 9.53 Å². The molecule has 2 amide bonds. The molecule has 2 unspecified atom stereocenters. The number of rotatable bonds is 9. The van der Waals surface area contributed by atoms with E-state index < -0.39 is 6.04 Å². The molecule has 0 radical (unpaired) electrons. The Morgan fingerprint density at radius 2 is 1.81 bits per heavy atom. The largest absolute Gasteiger partial charge is 0.493 e. The van der Waals surface area contributed by atoms with Crippen LogP contribution in [0, 0.1) is 0 Å². The van der Waals surface area contributed by atoms with E-state index in [-0.39, 0.29) is 17.2 Å². The van der Waals surface area contributed by atoms with Crippen LogP contribution in [0.5, 0.6) is 11.5 Å². The lowest BCUT2D eigenvalue weighted by Crippen LogP contribution is -2.48. The molecule has 1 heterocycles. The summed E-state index contributed by atoms with van der Waals surface area (Å²) in [7, 11) is 4.78. The van der Waals surface area contributed by atoms with E-state index in [9.17, 15) is 9.59 Å². The summed E-state index contributed by atoms with van der Waals surface area (Å²) in [5.41, 5.74) is 1.43. The van der Waals surface area contributed by atoms with Crippen LogP contribution in [0.1, 0.15) is 27.7 Å². The van der Waals surface area contributed by atoms with Crippen molar-refractivity contribution in [3.63, 3.8) is 0 Å². The summed E-state index contributed by atoms with van der Waals surface area (Å²) in [6, 6.07) is 14.1. The van der Waals surface area contributed by atoms with Crippen LogP contribution in [0.25, 0.3) is 0 Å². The molecule has 2 aromatic carbocycles. The fraction of sp³-hybridized carbons (Fsp3) is 0.391. The van der Waals surface area contributed by atoms with Gasteiger partial charge in [0, 0.05) is 31.6 Å². The van der Waals surface area contributed by atoms with Gasteiger partial charge in [0.25, 0.3) is 5.91 Å². The van der Waals surface area contributed by atoms with Crippen molar-refractivity contribution in [3.8, 4) is 11.5 Å². The first-order chi connectivity index (χ1) is 15.1. The SMILES string of the molecule is COCCCNC(=O)C1CSC(c2ccc(OC)c(OC)c2)N1C(=O)c1ccccc1. The number of hydrogen-bond donors (Lipinski definition) is 1. The molecule has 3 rings (SSSR count). The van der Waals surface area contributed by atoms with Crippen molar-refractivity contribution in [2.24, 2.45) is 0 Å². The van der Waals surface area contributed by atoms with E-state index in [4.69, 9.17) is 14.2 Å². The molecule has 7 nitrogen and oxygen atoms in total. The second-order valence-electron chi connectivity index (χ2n) is 7.03. The number of thioether (sulfide) groups is 1. The third-order valence-corrected chi connectivity index (χ3v) is 6.40. The number of ether oxygens (including phenoxy) is 3. The van der Waals surface area contributed by atoms with Gasteiger partial charge in [0.05, 0.1) is 14.2 Å². The number of nitrogens with one attached hydrogen (secondary N) is 1. The van der Waals surface area contributed by atoms with Crippen molar-refractivity contribution in [2.45, 2.75) is 17.8 Å². The van der Waals surface area contributed by atoms with Gasteiger partial charge in [0.2, 0.25) is 5.91 Å². The van der Waals surface area contributed by atoms with Crippen molar-refractivity contribution in [3.05, 3.63) is 59.7 Å². The molecule has 1 saturated heterocycles. The molecule has 1 fully saturated rings. The molecule has 0 spiro atoms.